The molecule has 0 aromatic carbocycles. The van der Waals surface area contributed by atoms with Crippen molar-refractivity contribution in [2.75, 3.05) is 6.54 Å². The van der Waals surface area contributed by atoms with Crippen molar-refractivity contribution in [3.8, 4) is 0 Å². The molecule has 6 nitrogen and oxygen atoms in total. The highest BCUT2D eigenvalue weighted by atomic mass is 16.4. The Balaban J connectivity index is 2.20. The summed E-state index contributed by atoms with van der Waals surface area (Å²) in [6, 6.07) is -1.14. The number of carboxylic acids is 1. The van der Waals surface area contributed by atoms with Gasteiger partial charge in [-0.2, -0.15) is 0 Å². The average molecular weight is 256 g/mol. The van der Waals surface area contributed by atoms with Crippen LogP contribution in [0.2, 0.25) is 0 Å². The molecule has 6 heteroatoms. The Morgan fingerprint density at radius 3 is 2.61 bits per heavy atom. The molecule has 2 fully saturated rings. The monoisotopic (exact) mass is 256 g/mol. The fourth-order valence-corrected chi connectivity index (χ4v) is 3.06. The lowest BCUT2D eigenvalue weighted by molar-refractivity contribution is -0.153. The first-order valence-electron chi connectivity index (χ1n) is 6.34. The van der Waals surface area contributed by atoms with Crippen LogP contribution in [0.1, 0.15) is 32.6 Å². The summed E-state index contributed by atoms with van der Waals surface area (Å²) in [4.78, 5) is 24.9. The van der Waals surface area contributed by atoms with Crippen molar-refractivity contribution in [3.05, 3.63) is 0 Å². The number of likely N-dealkylation sites (tertiary alicyclic amines) is 1. The largest absolute Gasteiger partial charge is 0.480 e. The third kappa shape index (κ3) is 1.99. The van der Waals surface area contributed by atoms with Gasteiger partial charge in [-0.25, -0.2) is 4.79 Å². The van der Waals surface area contributed by atoms with Crippen LogP contribution in [0.5, 0.6) is 0 Å². The molecule has 0 bridgehead atoms. The third-order valence-electron chi connectivity index (χ3n) is 4.34. The van der Waals surface area contributed by atoms with Crippen molar-refractivity contribution in [1.29, 1.82) is 0 Å². The second kappa shape index (κ2) is 4.51. The van der Waals surface area contributed by atoms with Crippen molar-refractivity contribution in [1.82, 2.24) is 4.90 Å². The molecule has 4 N–H and O–H groups in total. The zero-order valence-electron chi connectivity index (χ0n) is 10.5. The molecule has 2 rings (SSSR count). The van der Waals surface area contributed by atoms with Gasteiger partial charge >= 0.3 is 5.97 Å². The van der Waals surface area contributed by atoms with Crippen molar-refractivity contribution in [2.24, 2.45) is 11.1 Å². The zero-order chi connectivity index (χ0) is 13.5. The molecule has 2 unspecified atom stereocenters. The van der Waals surface area contributed by atoms with Gasteiger partial charge in [0.15, 0.2) is 0 Å². The minimum absolute atomic E-state index is 0.0953. The minimum Gasteiger partial charge on any atom is -0.480 e. The highest BCUT2D eigenvalue weighted by molar-refractivity contribution is 5.88. The fourth-order valence-electron chi connectivity index (χ4n) is 3.06. The molecule has 102 valence electrons. The number of β-amino-alcohol motifs (C(OH)–C–C–N with tert-alkyl or cyclic N) is 1. The third-order valence-corrected chi connectivity index (χ3v) is 4.34. The van der Waals surface area contributed by atoms with Crippen molar-refractivity contribution in [2.45, 2.75) is 50.8 Å². The van der Waals surface area contributed by atoms with E-state index in [0.29, 0.717) is 6.42 Å². The van der Waals surface area contributed by atoms with Gasteiger partial charge in [-0.1, -0.05) is 6.42 Å². The van der Waals surface area contributed by atoms with Gasteiger partial charge in [-0.05, 0) is 19.8 Å². The first-order chi connectivity index (χ1) is 8.36. The van der Waals surface area contributed by atoms with Crippen LogP contribution in [0.25, 0.3) is 0 Å². The smallest absolute Gasteiger partial charge is 0.326 e. The summed E-state index contributed by atoms with van der Waals surface area (Å²) in [5.41, 5.74) is 5.30. The Morgan fingerprint density at radius 2 is 2.11 bits per heavy atom. The maximum Gasteiger partial charge on any atom is 0.326 e. The molecule has 1 saturated carbocycles. The van der Waals surface area contributed by atoms with E-state index in [9.17, 15) is 14.7 Å². The standard InChI is InChI=1S/C12H20N2O4/c1-12(4-2-3-9(12)13)11(18)14-6-7(15)5-8(14)10(16)17/h7-9,15H,2-6,13H2,1H3,(H,16,17)/t7-,8-,9?,12?/m0/s1. The van der Waals surface area contributed by atoms with Crippen molar-refractivity contribution >= 4 is 11.9 Å². The summed E-state index contributed by atoms with van der Waals surface area (Å²) in [6.45, 7) is 1.90. The van der Waals surface area contributed by atoms with Crippen molar-refractivity contribution in [3.63, 3.8) is 0 Å². The van der Waals surface area contributed by atoms with Crippen LogP contribution >= 0.6 is 0 Å². The van der Waals surface area contributed by atoms with E-state index < -0.39 is 23.5 Å². The van der Waals surface area contributed by atoms with Crippen LogP contribution in [0.15, 0.2) is 0 Å². The number of aliphatic hydroxyl groups excluding tert-OH is 1. The summed E-state index contributed by atoms with van der Waals surface area (Å²) >= 11 is 0. The van der Waals surface area contributed by atoms with Crippen LogP contribution in [0, 0.1) is 5.41 Å². The minimum atomic E-state index is -1.06. The zero-order valence-corrected chi connectivity index (χ0v) is 10.5. The first kappa shape index (κ1) is 13.3. The van der Waals surface area contributed by atoms with Gasteiger partial charge in [0, 0.05) is 19.0 Å². The maximum absolute atomic E-state index is 12.5. The van der Waals surface area contributed by atoms with E-state index in [-0.39, 0.29) is 24.9 Å². The van der Waals surface area contributed by atoms with E-state index >= 15 is 0 Å². The lowest BCUT2D eigenvalue weighted by Crippen LogP contribution is -2.52. The molecule has 1 amide bonds. The molecule has 2 aliphatic rings. The molecular weight excluding hydrogens is 236 g/mol. The predicted molar refractivity (Wildman–Crippen MR) is 63.7 cm³/mol. The lowest BCUT2D eigenvalue weighted by Gasteiger charge is -2.34. The van der Waals surface area contributed by atoms with Crippen molar-refractivity contribution < 1.29 is 19.8 Å². The number of amides is 1. The molecule has 18 heavy (non-hydrogen) atoms. The van der Waals surface area contributed by atoms with Gasteiger partial charge in [0.05, 0.1) is 11.5 Å². The Kier molecular flexibility index (Phi) is 3.33. The molecule has 0 spiro atoms. The number of carbonyl (C=O) groups excluding carboxylic acids is 1. The number of nitrogens with zero attached hydrogens (tertiary/aromatic N) is 1. The summed E-state index contributed by atoms with van der Waals surface area (Å²) in [7, 11) is 0. The summed E-state index contributed by atoms with van der Waals surface area (Å²) in [5, 5.41) is 18.7. The quantitative estimate of drug-likeness (QED) is 0.621. The lowest BCUT2D eigenvalue weighted by atomic mass is 9.83. The highest BCUT2D eigenvalue weighted by Gasteiger charge is 2.49. The maximum atomic E-state index is 12.5. The Hall–Kier alpha value is -1.14. The normalized spacial score (nSPS) is 40.2. The van der Waals surface area contributed by atoms with E-state index in [2.05, 4.69) is 0 Å². The van der Waals surface area contributed by atoms with Crippen LogP contribution in [-0.2, 0) is 9.59 Å². The fraction of sp³-hybridized carbons (Fsp3) is 0.833. The number of aliphatic carboxylic acids is 1. The van der Waals surface area contributed by atoms with Crippen LogP contribution < -0.4 is 5.73 Å². The number of rotatable bonds is 2. The molecular formula is C12H20N2O4. The first-order valence-corrected chi connectivity index (χ1v) is 6.34. The number of aliphatic hydroxyl groups is 1. The van der Waals surface area contributed by atoms with E-state index in [1.54, 1.807) is 6.92 Å². The number of carboxylic acid groups (broad SMARTS) is 1. The van der Waals surface area contributed by atoms with Crippen LogP contribution in [-0.4, -0.2) is 51.7 Å². The second-order valence-electron chi connectivity index (χ2n) is 5.62. The number of carbonyl (C=O) groups is 2. The van der Waals surface area contributed by atoms with Crippen LogP contribution in [0.3, 0.4) is 0 Å². The Bertz CT molecular complexity index is 373. The van der Waals surface area contributed by atoms with E-state index in [0.717, 1.165) is 12.8 Å². The molecule has 0 radical (unpaired) electrons. The summed E-state index contributed by atoms with van der Waals surface area (Å²) in [6.07, 6.45) is 1.71. The number of hydrogen-bond acceptors (Lipinski definition) is 4. The van der Waals surface area contributed by atoms with Gasteiger partial charge in [-0.15, -0.1) is 0 Å². The summed E-state index contributed by atoms with van der Waals surface area (Å²) < 4.78 is 0. The van der Waals surface area contributed by atoms with E-state index in [1.807, 2.05) is 0 Å². The van der Waals surface area contributed by atoms with Gasteiger partial charge in [0.2, 0.25) is 5.91 Å². The summed E-state index contributed by atoms with van der Waals surface area (Å²) in [5.74, 6) is -1.29. The van der Waals surface area contributed by atoms with Gasteiger partial charge in [0.1, 0.15) is 6.04 Å². The number of hydrogen-bond donors (Lipinski definition) is 3. The second-order valence-corrected chi connectivity index (χ2v) is 5.62. The average Bonchev–Trinajstić information content (AvgIpc) is 2.83. The Morgan fingerprint density at radius 1 is 1.44 bits per heavy atom. The molecule has 0 aromatic heterocycles. The van der Waals surface area contributed by atoms with Gasteiger partial charge in [0.25, 0.3) is 0 Å². The molecule has 1 saturated heterocycles. The Labute approximate surface area is 106 Å². The van der Waals surface area contributed by atoms with E-state index in [4.69, 9.17) is 10.8 Å². The van der Waals surface area contributed by atoms with Crippen LogP contribution in [0.4, 0.5) is 0 Å². The molecule has 4 atom stereocenters. The number of nitrogens with two attached hydrogens (primary N) is 1. The topological polar surface area (TPSA) is 104 Å². The molecule has 0 aromatic rings. The highest BCUT2D eigenvalue weighted by Crippen LogP contribution is 2.39. The van der Waals surface area contributed by atoms with Gasteiger partial charge < -0.3 is 20.8 Å². The molecule has 1 aliphatic heterocycles. The van der Waals surface area contributed by atoms with E-state index in [1.165, 1.54) is 4.90 Å². The molecule has 1 aliphatic carbocycles. The predicted octanol–water partition coefficient (Wildman–Crippen LogP) is -0.450. The SMILES string of the molecule is CC1(C(=O)N2C[C@@H](O)C[C@H]2C(=O)O)CCCC1N. The molecule has 1 heterocycles. The van der Waals surface area contributed by atoms with Gasteiger partial charge in [-0.3, -0.25) is 4.79 Å².